The molecule has 1 aliphatic heterocycles. The quantitative estimate of drug-likeness (QED) is 0.760. The summed E-state index contributed by atoms with van der Waals surface area (Å²) in [5.74, 6) is 0.222. The fourth-order valence-electron chi connectivity index (χ4n) is 3.29. The number of nitrogens with zero attached hydrogens (tertiary/aromatic N) is 2. The van der Waals surface area contributed by atoms with Gasteiger partial charge in [0.2, 0.25) is 0 Å². The van der Waals surface area contributed by atoms with E-state index in [0.717, 1.165) is 24.2 Å². The molecule has 2 heterocycles. The van der Waals surface area contributed by atoms with Crippen LogP contribution in [0.5, 0.6) is 5.75 Å². The van der Waals surface area contributed by atoms with E-state index < -0.39 is 0 Å². The van der Waals surface area contributed by atoms with Crippen LogP contribution in [-0.4, -0.2) is 23.2 Å². The summed E-state index contributed by atoms with van der Waals surface area (Å²) in [6.45, 7) is 2.26. The maximum atomic E-state index is 9.98. The van der Waals surface area contributed by atoms with E-state index in [4.69, 9.17) is 0 Å². The van der Waals surface area contributed by atoms with Crippen molar-refractivity contribution in [1.82, 2.24) is 4.98 Å². The van der Waals surface area contributed by atoms with E-state index in [1.165, 1.54) is 24.1 Å². The van der Waals surface area contributed by atoms with Crippen LogP contribution in [0, 0.1) is 0 Å². The Bertz CT molecular complexity index is 895. The van der Waals surface area contributed by atoms with Gasteiger partial charge in [0.05, 0.1) is 5.69 Å². The molecule has 3 heteroatoms. The van der Waals surface area contributed by atoms with Gasteiger partial charge in [-0.2, -0.15) is 0 Å². The molecule has 120 valence electrons. The van der Waals surface area contributed by atoms with Crippen molar-refractivity contribution in [2.75, 3.05) is 18.0 Å². The van der Waals surface area contributed by atoms with E-state index in [9.17, 15) is 5.11 Å². The molecule has 24 heavy (non-hydrogen) atoms. The molecular formula is C21H20N2O. The van der Waals surface area contributed by atoms with Crippen molar-refractivity contribution in [3.05, 3.63) is 65.9 Å². The lowest BCUT2D eigenvalue weighted by Crippen LogP contribution is -2.18. The summed E-state index contributed by atoms with van der Waals surface area (Å²) in [6, 6.07) is 17.9. The van der Waals surface area contributed by atoms with E-state index in [2.05, 4.69) is 40.2 Å². The summed E-state index contributed by atoms with van der Waals surface area (Å²) < 4.78 is 0. The molecule has 4 rings (SSSR count). The average molecular weight is 316 g/mol. The molecule has 0 spiro atoms. The third kappa shape index (κ3) is 2.85. The van der Waals surface area contributed by atoms with Gasteiger partial charge in [0.15, 0.2) is 0 Å². The van der Waals surface area contributed by atoms with Gasteiger partial charge in [-0.3, -0.25) is 0 Å². The molecule has 2 aromatic carbocycles. The molecule has 0 atom stereocenters. The summed E-state index contributed by atoms with van der Waals surface area (Å²) in [4.78, 5) is 7.01. The lowest BCUT2D eigenvalue weighted by atomic mass is 10.1. The van der Waals surface area contributed by atoms with Crippen LogP contribution in [0.3, 0.4) is 0 Å². The zero-order valence-corrected chi connectivity index (χ0v) is 13.5. The molecule has 0 aliphatic carbocycles. The number of pyridine rings is 1. The number of benzene rings is 2. The molecule has 3 aromatic rings. The van der Waals surface area contributed by atoms with Gasteiger partial charge in [0.25, 0.3) is 0 Å². The highest BCUT2D eigenvalue weighted by Gasteiger charge is 2.14. The van der Waals surface area contributed by atoms with Crippen LogP contribution in [0.15, 0.2) is 54.6 Å². The Balaban J connectivity index is 1.67. The molecule has 1 aromatic heterocycles. The van der Waals surface area contributed by atoms with Gasteiger partial charge in [-0.15, -0.1) is 0 Å². The SMILES string of the molecule is Oc1cccc2ccc(C=Cc3ccccc3N3CCCC3)nc12. The smallest absolute Gasteiger partial charge is 0.141 e. The number of hydrogen-bond donors (Lipinski definition) is 1. The largest absolute Gasteiger partial charge is 0.506 e. The summed E-state index contributed by atoms with van der Waals surface area (Å²) in [5.41, 5.74) is 3.99. The van der Waals surface area contributed by atoms with Gasteiger partial charge >= 0.3 is 0 Å². The number of fused-ring (bicyclic) bond motifs is 1. The van der Waals surface area contributed by atoms with Crippen LogP contribution in [0.2, 0.25) is 0 Å². The molecule has 0 unspecified atom stereocenters. The lowest BCUT2D eigenvalue weighted by molar-refractivity contribution is 0.480. The number of anilines is 1. The molecule has 1 N–H and O–H groups in total. The van der Waals surface area contributed by atoms with Gasteiger partial charge in [-0.05, 0) is 42.7 Å². The fourth-order valence-corrected chi connectivity index (χ4v) is 3.29. The number of rotatable bonds is 3. The van der Waals surface area contributed by atoms with Crippen molar-refractivity contribution >= 4 is 28.7 Å². The van der Waals surface area contributed by atoms with Crippen LogP contribution in [0.25, 0.3) is 23.1 Å². The average Bonchev–Trinajstić information content (AvgIpc) is 3.15. The van der Waals surface area contributed by atoms with Gasteiger partial charge < -0.3 is 10.0 Å². The maximum absolute atomic E-state index is 9.98. The fraction of sp³-hybridized carbons (Fsp3) is 0.190. The number of phenolic OH excluding ortho intramolecular Hbond substituents is 1. The third-order valence-electron chi connectivity index (χ3n) is 4.54. The number of aromatic nitrogens is 1. The highest BCUT2D eigenvalue weighted by Crippen LogP contribution is 2.27. The predicted octanol–water partition coefficient (Wildman–Crippen LogP) is 4.71. The number of para-hydroxylation sites is 2. The Morgan fingerprint density at radius 2 is 1.71 bits per heavy atom. The molecule has 1 saturated heterocycles. The molecule has 0 saturated carbocycles. The molecule has 0 radical (unpaired) electrons. The van der Waals surface area contributed by atoms with Crippen molar-refractivity contribution in [3.8, 4) is 5.75 Å². The third-order valence-corrected chi connectivity index (χ3v) is 4.54. The summed E-state index contributed by atoms with van der Waals surface area (Å²) >= 11 is 0. The topological polar surface area (TPSA) is 36.4 Å². The summed E-state index contributed by atoms with van der Waals surface area (Å²) in [7, 11) is 0. The first-order chi connectivity index (χ1) is 11.8. The van der Waals surface area contributed by atoms with Crippen LogP contribution in [-0.2, 0) is 0 Å². The first kappa shape index (κ1) is 14.8. The van der Waals surface area contributed by atoms with E-state index in [1.807, 2.05) is 30.3 Å². The zero-order valence-electron chi connectivity index (χ0n) is 13.5. The first-order valence-corrected chi connectivity index (χ1v) is 8.42. The van der Waals surface area contributed by atoms with Crippen LogP contribution in [0.1, 0.15) is 24.1 Å². The lowest BCUT2D eigenvalue weighted by Gasteiger charge is -2.19. The van der Waals surface area contributed by atoms with Gasteiger partial charge in [-0.1, -0.05) is 42.5 Å². The number of hydrogen-bond acceptors (Lipinski definition) is 3. The standard InChI is InChI=1S/C21H20N2O/c24-20-9-5-7-17-11-13-18(22-21(17)20)12-10-16-6-1-2-8-19(16)23-14-3-4-15-23/h1-2,5-13,24H,3-4,14-15H2. The van der Waals surface area contributed by atoms with Crippen molar-refractivity contribution in [2.45, 2.75) is 12.8 Å². The molecule has 1 aliphatic rings. The van der Waals surface area contributed by atoms with E-state index >= 15 is 0 Å². The highest BCUT2D eigenvalue weighted by atomic mass is 16.3. The summed E-state index contributed by atoms with van der Waals surface area (Å²) in [5, 5.41) is 10.9. The Hall–Kier alpha value is -2.81. The Labute approximate surface area is 141 Å². The minimum Gasteiger partial charge on any atom is -0.506 e. The molecule has 3 nitrogen and oxygen atoms in total. The Morgan fingerprint density at radius 3 is 2.58 bits per heavy atom. The Kier molecular flexibility index (Phi) is 3.91. The van der Waals surface area contributed by atoms with Crippen molar-refractivity contribution in [3.63, 3.8) is 0 Å². The van der Waals surface area contributed by atoms with E-state index in [0.29, 0.717) is 5.52 Å². The van der Waals surface area contributed by atoms with Crippen LogP contribution in [0.4, 0.5) is 5.69 Å². The van der Waals surface area contributed by atoms with Gasteiger partial charge in [0, 0.05) is 24.2 Å². The van der Waals surface area contributed by atoms with Crippen LogP contribution >= 0.6 is 0 Å². The van der Waals surface area contributed by atoms with E-state index in [-0.39, 0.29) is 5.75 Å². The van der Waals surface area contributed by atoms with Crippen molar-refractivity contribution in [1.29, 1.82) is 0 Å². The maximum Gasteiger partial charge on any atom is 0.141 e. The molecule has 0 amide bonds. The normalized spacial score (nSPS) is 14.8. The van der Waals surface area contributed by atoms with Crippen molar-refractivity contribution < 1.29 is 5.11 Å². The van der Waals surface area contributed by atoms with Gasteiger partial charge in [0.1, 0.15) is 11.3 Å². The molecular weight excluding hydrogens is 296 g/mol. The highest BCUT2D eigenvalue weighted by molar-refractivity contribution is 5.86. The minimum atomic E-state index is 0.222. The number of aromatic hydroxyl groups is 1. The Morgan fingerprint density at radius 1 is 0.875 bits per heavy atom. The predicted molar refractivity (Wildman–Crippen MR) is 100 cm³/mol. The minimum absolute atomic E-state index is 0.222. The first-order valence-electron chi connectivity index (χ1n) is 8.42. The van der Waals surface area contributed by atoms with Crippen LogP contribution < -0.4 is 4.90 Å². The zero-order chi connectivity index (χ0) is 16.4. The second-order valence-electron chi connectivity index (χ2n) is 6.17. The monoisotopic (exact) mass is 316 g/mol. The van der Waals surface area contributed by atoms with Crippen molar-refractivity contribution in [2.24, 2.45) is 0 Å². The molecule has 1 fully saturated rings. The number of phenols is 1. The van der Waals surface area contributed by atoms with E-state index in [1.54, 1.807) is 6.07 Å². The van der Waals surface area contributed by atoms with Gasteiger partial charge in [-0.25, -0.2) is 4.98 Å². The second-order valence-corrected chi connectivity index (χ2v) is 6.17. The summed E-state index contributed by atoms with van der Waals surface area (Å²) in [6.07, 6.45) is 6.66. The molecule has 0 bridgehead atoms. The second kappa shape index (κ2) is 6.36.